The van der Waals surface area contributed by atoms with Gasteiger partial charge in [-0.05, 0) is 24.3 Å². The molecule has 0 aliphatic heterocycles. The molecule has 3 heteroatoms. The van der Waals surface area contributed by atoms with Gasteiger partial charge in [0.1, 0.15) is 0 Å². The van der Waals surface area contributed by atoms with Crippen molar-refractivity contribution in [3.05, 3.63) is 18.0 Å². The Hall–Kier alpha value is -0.830. The minimum atomic E-state index is -0.218. The summed E-state index contributed by atoms with van der Waals surface area (Å²) in [7, 11) is 1.91. The van der Waals surface area contributed by atoms with E-state index >= 15 is 0 Å². The van der Waals surface area contributed by atoms with Gasteiger partial charge in [0.25, 0.3) is 0 Å². The quantitative estimate of drug-likeness (QED) is 0.773. The Bertz CT molecular complexity index is 290. The third-order valence-corrected chi connectivity index (χ3v) is 3.07. The van der Waals surface area contributed by atoms with E-state index in [1.807, 2.05) is 19.4 Å². The SMILES string of the molecule is CCCC(CCC)C(O)Cc1cnn(C)c1. The first-order valence-electron chi connectivity index (χ1n) is 6.33. The first-order valence-corrected chi connectivity index (χ1v) is 6.33. The third kappa shape index (κ3) is 3.97. The fourth-order valence-electron chi connectivity index (χ4n) is 2.26. The van der Waals surface area contributed by atoms with Gasteiger partial charge in [-0.25, -0.2) is 0 Å². The number of aromatic nitrogens is 2. The molecule has 0 radical (unpaired) electrons. The topological polar surface area (TPSA) is 38.1 Å². The van der Waals surface area contributed by atoms with E-state index in [1.165, 1.54) is 0 Å². The third-order valence-electron chi connectivity index (χ3n) is 3.07. The van der Waals surface area contributed by atoms with Gasteiger partial charge < -0.3 is 5.11 Å². The van der Waals surface area contributed by atoms with Crippen molar-refractivity contribution in [2.24, 2.45) is 13.0 Å². The normalized spacial score (nSPS) is 13.3. The van der Waals surface area contributed by atoms with E-state index in [0.717, 1.165) is 37.7 Å². The number of hydrogen-bond acceptors (Lipinski definition) is 2. The fourth-order valence-corrected chi connectivity index (χ4v) is 2.26. The van der Waals surface area contributed by atoms with Gasteiger partial charge in [-0.15, -0.1) is 0 Å². The van der Waals surface area contributed by atoms with Crippen molar-refractivity contribution in [3.63, 3.8) is 0 Å². The van der Waals surface area contributed by atoms with Crippen LogP contribution in [0.4, 0.5) is 0 Å². The van der Waals surface area contributed by atoms with Crippen molar-refractivity contribution in [1.82, 2.24) is 9.78 Å². The molecule has 0 aliphatic rings. The van der Waals surface area contributed by atoms with Gasteiger partial charge in [-0.1, -0.05) is 26.7 Å². The van der Waals surface area contributed by atoms with Crippen LogP contribution in [-0.4, -0.2) is 21.0 Å². The zero-order chi connectivity index (χ0) is 12.0. The zero-order valence-corrected chi connectivity index (χ0v) is 10.7. The summed E-state index contributed by atoms with van der Waals surface area (Å²) >= 11 is 0. The van der Waals surface area contributed by atoms with Crippen LogP contribution in [0.5, 0.6) is 0 Å². The predicted molar refractivity (Wildman–Crippen MR) is 66.2 cm³/mol. The second-order valence-electron chi connectivity index (χ2n) is 4.63. The molecule has 0 saturated heterocycles. The van der Waals surface area contributed by atoms with Crippen LogP contribution >= 0.6 is 0 Å². The van der Waals surface area contributed by atoms with Crippen molar-refractivity contribution >= 4 is 0 Å². The highest BCUT2D eigenvalue weighted by Crippen LogP contribution is 2.20. The van der Waals surface area contributed by atoms with Crippen molar-refractivity contribution in [2.75, 3.05) is 0 Å². The van der Waals surface area contributed by atoms with E-state index in [-0.39, 0.29) is 6.10 Å². The van der Waals surface area contributed by atoms with Crippen LogP contribution < -0.4 is 0 Å². The number of aliphatic hydroxyl groups is 1. The molecule has 0 fully saturated rings. The molecule has 0 aliphatic carbocycles. The average molecular weight is 224 g/mol. The summed E-state index contributed by atoms with van der Waals surface area (Å²) in [5.74, 6) is 0.440. The largest absolute Gasteiger partial charge is 0.392 e. The number of aliphatic hydroxyl groups excluding tert-OH is 1. The van der Waals surface area contributed by atoms with Crippen molar-refractivity contribution in [1.29, 1.82) is 0 Å². The molecule has 1 aromatic heterocycles. The Labute approximate surface area is 98.5 Å². The van der Waals surface area contributed by atoms with Crippen LogP contribution in [0.15, 0.2) is 12.4 Å². The molecular weight excluding hydrogens is 200 g/mol. The average Bonchev–Trinajstić information content (AvgIpc) is 2.63. The van der Waals surface area contributed by atoms with E-state index in [4.69, 9.17) is 0 Å². The van der Waals surface area contributed by atoms with Crippen LogP contribution in [0.3, 0.4) is 0 Å². The molecular formula is C13H24N2O. The molecule has 0 bridgehead atoms. The number of aryl methyl sites for hydroxylation is 1. The van der Waals surface area contributed by atoms with Crippen LogP contribution in [0.1, 0.15) is 45.1 Å². The second-order valence-corrected chi connectivity index (χ2v) is 4.63. The minimum Gasteiger partial charge on any atom is -0.392 e. The molecule has 1 atom stereocenters. The summed E-state index contributed by atoms with van der Waals surface area (Å²) in [6.07, 6.45) is 8.88. The van der Waals surface area contributed by atoms with Crippen molar-refractivity contribution in [2.45, 2.75) is 52.1 Å². The van der Waals surface area contributed by atoms with Gasteiger partial charge in [0.15, 0.2) is 0 Å². The maximum Gasteiger partial charge on any atom is 0.0609 e. The Morgan fingerprint density at radius 1 is 1.31 bits per heavy atom. The molecule has 16 heavy (non-hydrogen) atoms. The summed E-state index contributed by atoms with van der Waals surface area (Å²) in [6, 6.07) is 0. The number of nitrogens with zero attached hydrogens (tertiary/aromatic N) is 2. The Balaban J connectivity index is 2.50. The van der Waals surface area contributed by atoms with Crippen LogP contribution in [0.2, 0.25) is 0 Å². The number of hydrogen-bond donors (Lipinski definition) is 1. The fraction of sp³-hybridized carbons (Fsp3) is 0.769. The minimum absolute atomic E-state index is 0.218. The summed E-state index contributed by atoms with van der Waals surface area (Å²) in [5.41, 5.74) is 1.13. The maximum atomic E-state index is 10.2. The first-order chi connectivity index (χ1) is 7.67. The monoisotopic (exact) mass is 224 g/mol. The van der Waals surface area contributed by atoms with Crippen molar-refractivity contribution in [3.8, 4) is 0 Å². The van der Waals surface area contributed by atoms with E-state index in [1.54, 1.807) is 4.68 Å². The highest BCUT2D eigenvalue weighted by molar-refractivity contribution is 5.05. The molecule has 1 heterocycles. The summed E-state index contributed by atoms with van der Waals surface area (Å²) in [6.45, 7) is 4.36. The van der Waals surface area contributed by atoms with Crippen molar-refractivity contribution < 1.29 is 5.11 Å². The molecule has 0 spiro atoms. The van der Waals surface area contributed by atoms with Gasteiger partial charge in [0, 0.05) is 19.7 Å². The molecule has 1 aromatic rings. The molecule has 0 saturated carbocycles. The van der Waals surface area contributed by atoms with Gasteiger partial charge in [-0.2, -0.15) is 5.10 Å². The molecule has 1 rings (SSSR count). The molecule has 3 nitrogen and oxygen atoms in total. The Kier molecular flexibility index (Phi) is 5.53. The molecule has 1 N–H and O–H groups in total. The van der Waals surface area contributed by atoms with Crippen LogP contribution in [0, 0.1) is 5.92 Å². The van der Waals surface area contributed by atoms with E-state index in [9.17, 15) is 5.11 Å². The Morgan fingerprint density at radius 2 is 1.94 bits per heavy atom. The van der Waals surface area contributed by atoms with Gasteiger partial charge in [0.2, 0.25) is 0 Å². The van der Waals surface area contributed by atoms with E-state index in [0.29, 0.717) is 5.92 Å². The zero-order valence-electron chi connectivity index (χ0n) is 10.7. The molecule has 0 aromatic carbocycles. The lowest BCUT2D eigenvalue weighted by atomic mass is 9.89. The smallest absolute Gasteiger partial charge is 0.0609 e. The van der Waals surface area contributed by atoms with Crippen LogP contribution in [-0.2, 0) is 13.5 Å². The predicted octanol–water partition coefficient (Wildman–Crippen LogP) is 2.54. The number of rotatable bonds is 7. The van der Waals surface area contributed by atoms with E-state index < -0.39 is 0 Å². The lowest BCUT2D eigenvalue weighted by molar-refractivity contribution is 0.0963. The van der Waals surface area contributed by atoms with Gasteiger partial charge in [-0.3, -0.25) is 4.68 Å². The first kappa shape index (κ1) is 13.2. The van der Waals surface area contributed by atoms with E-state index in [2.05, 4.69) is 18.9 Å². The van der Waals surface area contributed by atoms with Crippen LogP contribution in [0.25, 0.3) is 0 Å². The molecule has 0 amide bonds. The highest BCUT2D eigenvalue weighted by atomic mass is 16.3. The lowest BCUT2D eigenvalue weighted by Gasteiger charge is -2.21. The second kappa shape index (κ2) is 6.69. The lowest BCUT2D eigenvalue weighted by Crippen LogP contribution is -2.22. The molecule has 92 valence electrons. The standard InChI is InChI=1S/C13H24N2O/c1-4-6-12(7-5-2)13(16)8-11-9-14-15(3)10-11/h9-10,12-13,16H,4-8H2,1-3H3. The molecule has 1 unspecified atom stereocenters. The summed E-state index contributed by atoms with van der Waals surface area (Å²) < 4.78 is 1.79. The summed E-state index contributed by atoms with van der Waals surface area (Å²) in [4.78, 5) is 0. The highest BCUT2D eigenvalue weighted by Gasteiger charge is 2.18. The van der Waals surface area contributed by atoms with Gasteiger partial charge >= 0.3 is 0 Å². The van der Waals surface area contributed by atoms with Gasteiger partial charge in [0.05, 0.1) is 12.3 Å². The maximum absolute atomic E-state index is 10.2. The summed E-state index contributed by atoms with van der Waals surface area (Å²) in [5, 5.41) is 14.3. The Morgan fingerprint density at radius 3 is 2.38 bits per heavy atom.